The minimum atomic E-state index is 0.0426. The van der Waals surface area contributed by atoms with E-state index in [1.165, 1.54) is 0 Å². The van der Waals surface area contributed by atoms with E-state index < -0.39 is 0 Å². The van der Waals surface area contributed by atoms with Gasteiger partial charge in [0.1, 0.15) is 22.6 Å². The van der Waals surface area contributed by atoms with Crippen LogP contribution >= 0.6 is 15.9 Å². The number of fused-ring (bicyclic) bond motifs is 1. The minimum absolute atomic E-state index is 0.0426. The fourth-order valence-corrected chi connectivity index (χ4v) is 2.98. The van der Waals surface area contributed by atoms with Crippen molar-refractivity contribution in [2.45, 2.75) is 19.6 Å². The fourth-order valence-electron chi connectivity index (χ4n) is 2.53. The molecule has 1 amide bonds. The summed E-state index contributed by atoms with van der Waals surface area (Å²) >= 11 is 3.34. The zero-order chi connectivity index (χ0) is 15.7. The van der Waals surface area contributed by atoms with Crippen molar-refractivity contribution in [3.8, 4) is 11.5 Å². The molecule has 0 saturated carbocycles. The Hall–Kier alpha value is -2.02. The summed E-state index contributed by atoms with van der Waals surface area (Å²) in [7, 11) is 3.23. The van der Waals surface area contributed by atoms with Crippen LogP contribution in [-0.4, -0.2) is 34.8 Å². The van der Waals surface area contributed by atoms with Crippen molar-refractivity contribution in [3.05, 3.63) is 40.1 Å². The van der Waals surface area contributed by atoms with E-state index in [1.807, 2.05) is 24.3 Å². The van der Waals surface area contributed by atoms with Gasteiger partial charge in [-0.15, -0.1) is 0 Å². The number of carbonyl (C=O) groups is 1. The van der Waals surface area contributed by atoms with Crippen molar-refractivity contribution in [2.24, 2.45) is 0 Å². The summed E-state index contributed by atoms with van der Waals surface area (Å²) in [5.41, 5.74) is 1.96. The van der Waals surface area contributed by atoms with Crippen LogP contribution in [0.2, 0.25) is 0 Å². The third kappa shape index (κ3) is 2.81. The van der Waals surface area contributed by atoms with Gasteiger partial charge in [0.15, 0.2) is 0 Å². The molecule has 6 nitrogen and oxygen atoms in total. The SMILES string of the molecule is COc1ccc(CN2Cc3cc(Br)nn3CC2=O)c(OC)c1. The number of nitrogens with zero attached hydrogens (tertiary/aromatic N) is 3. The summed E-state index contributed by atoms with van der Waals surface area (Å²) in [5, 5.41) is 4.24. The van der Waals surface area contributed by atoms with Gasteiger partial charge in [-0.05, 0) is 34.1 Å². The topological polar surface area (TPSA) is 56.6 Å². The highest BCUT2D eigenvalue weighted by Crippen LogP contribution is 2.27. The van der Waals surface area contributed by atoms with Gasteiger partial charge in [-0.1, -0.05) is 0 Å². The van der Waals surface area contributed by atoms with Gasteiger partial charge in [-0.2, -0.15) is 5.10 Å². The molecule has 1 aromatic heterocycles. The van der Waals surface area contributed by atoms with E-state index >= 15 is 0 Å². The van der Waals surface area contributed by atoms with Crippen molar-refractivity contribution < 1.29 is 14.3 Å². The standard InChI is InChI=1S/C15H16BrN3O3/c1-21-12-4-3-10(13(6-12)22-2)7-18-8-11-5-14(16)17-19(11)9-15(18)20/h3-6H,7-9H2,1-2H3. The van der Waals surface area contributed by atoms with Crippen molar-refractivity contribution in [3.63, 3.8) is 0 Å². The smallest absolute Gasteiger partial charge is 0.244 e. The number of hydrogen-bond donors (Lipinski definition) is 0. The predicted molar refractivity (Wildman–Crippen MR) is 83.7 cm³/mol. The third-order valence-electron chi connectivity index (χ3n) is 3.68. The molecule has 2 aromatic rings. The molecule has 2 heterocycles. The van der Waals surface area contributed by atoms with Gasteiger partial charge in [0, 0.05) is 18.2 Å². The highest BCUT2D eigenvalue weighted by Gasteiger charge is 2.25. The lowest BCUT2D eigenvalue weighted by Crippen LogP contribution is -2.38. The van der Waals surface area contributed by atoms with Gasteiger partial charge in [0.2, 0.25) is 5.91 Å². The Morgan fingerprint density at radius 1 is 1.23 bits per heavy atom. The van der Waals surface area contributed by atoms with Crippen LogP contribution in [0.25, 0.3) is 0 Å². The Morgan fingerprint density at radius 2 is 2.05 bits per heavy atom. The number of ether oxygens (including phenoxy) is 2. The normalized spacial score (nSPS) is 14.0. The zero-order valence-electron chi connectivity index (χ0n) is 12.4. The molecule has 0 spiro atoms. The van der Waals surface area contributed by atoms with Crippen LogP contribution in [0.1, 0.15) is 11.3 Å². The van der Waals surface area contributed by atoms with E-state index in [4.69, 9.17) is 9.47 Å². The molecule has 116 valence electrons. The first kappa shape index (κ1) is 14.9. The molecule has 0 bridgehead atoms. The zero-order valence-corrected chi connectivity index (χ0v) is 14.0. The number of amides is 1. The van der Waals surface area contributed by atoms with E-state index in [0.717, 1.165) is 21.6 Å². The lowest BCUT2D eigenvalue weighted by atomic mass is 10.1. The maximum Gasteiger partial charge on any atom is 0.244 e. The van der Waals surface area contributed by atoms with Crippen molar-refractivity contribution in [2.75, 3.05) is 14.2 Å². The molecule has 0 radical (unpaired) electrons. The first-order valence-electron chi connectivity index (χ1n) is 6.81. The second-order valence-electron chi connectivity index (χ2n) is 5.04. The third-order valence-corrected chi connectivity index (χ3v) is 4.07. The molecular weight excluding hydrogens is 350 g/mol. The molecule has 0 saturated heterocycles. The summed E-state index contributed by atoms with van der Waals surface area (Å²) in [6.07, 6.45) is 0. The monoisotopic (exact) mass is 365 g/mol. The average molecular weight is 366 g/mol. The van der Waals surface area contributed by atoms with Crippen LogP contribution in [0.15, 0.2) is 28.9 Å². The van der Waals surface area contributed by atoms with Crippen LogP contribution in [0, 0.1) is 0 Å². The molecule has 1 aromatic carbocycles. The Morgan fingerprint density at radius 3 is 2.77 bits per heavy atom. The van der Waals surface area contributed by atoms with Crippen LogP contribution in [0.3, 0.4) is 0 Å². The highest BCUT2D eigenvalue weighted by atomic mass is 79.9. The van der Waals surface area contributed by atoms with Gasteiger partial charge in [0.25, 0.3) is 0 Å². The largest absolute Gasteiger partial charge is 0.497 e. The van der Waals surface area contributed by atoms with Gasteiger partial charge in [0.05, 0.1) is 26.5 Å². The Bertz CT molecular complexity index is 714. The molecule has 3 rings (SSSR count). The number of benzene rings is 1. The van der Waals surface area contributed by atoms with Gasteiger partial charge in [-0.25, -0.2) is 0 Å². The molecule has 0 fully saturated rings. The number of aromatic nitrogens is 2. The number of rotatable bonds is 4. The second kappa shape index (κ2) is 6.00. The molecule has 0 atom stereocenters. The molecule has 22 heavy (non-hydrogen) atoms. The van der Waals surface area contributed by atoms with Gasteiger partial charge in [-0.3, -0.25) is 9.48 Å². The van der Waals surface area contributed by atoms with E-state index in [1.54, 1.807) is 23.8 Å². The molecule has 7 heteroatoms. The van der Waals surface area contributed by atoms with Crippen LogP contribution < -0.4 is 9.47 Å². The molecule has 0 unspecified atom stereocenters. The molecule has 0 aliphatic carbocycles. The van der Waals surface area contributed by atoms with Gasteiger partial charge < -0.3 is 14.4 Å². The molecular formula is C15H16BrN3O3. The summed E-state index contributed by atoms with van der Waals surface area (Å²) < 4.78 is 13.1. The predicted octanol–water partition coefficient (Wildman–Crippen LogP) is 2.21. The first-order valence-corrected chi connectivity index (χ1v) is 7.61. The molecule has 1 aliphatic rings. The number of hydrogen-bond acceptors (Lipinski definition) is 4. The summed E-state index contributed by atoms with van der Waals surface area (Å²) in [4.78, 5) is 14.1. The Kier molecular flexibility index (Phi) is 4.06. The van der Waals surface area contributed by atoms with E-state index in [-0.39, 0.29) is 12.5 Å². The Balaban J connectivity index is 1.83. The van der Waals surface area contributed by atoms with Crippen molar-refractivity contribution >= 4 is 21.8 Å². The van der Waals surface area contributed by atoms with E-state index in [0.29, 0.717) is 18.8 Å². The number of carbonyl (C=O) groups excluding carboxylic acids is 1. The lowest BCUT2D eigenvalue weighted by molar-refractivity contribution is -0.135. The lowest BCUT2D eigenvalue weighted by Gasteiger charge is -2.28. The maximum absolute atomic E-state index is 12.3. The summed E-state index contributed by atoms with van der Waals surface area (Å²) in [6, 6.07) is 7.55. The molecule has 0 N–H and O–H groups in total. The first-order chi connectivity index (χ1) is 10.6. The van der Waals surface area contributed by atoms with Crippen molar-refractivity contribution in [1.82, 2.24) is 14.7 Å². The maximum atomic E-state index is 12.3. The summed E-state index contributed by atoms with van der Waals surface area (Å²) in [6.45, 7) is 1.29. The Labute approximate surface area is 136 Å². The minimum Gasteiger partial charge on any atom is -0.497 e. The van der Waals surface area contributed by atoms with E-state index in [9.17, 15) is 4.79 Å². The van der Waals surface area contributed by atoms with Crippen molar-refractivity contribution in [1.29, 1.82) is 0 Å². The summed E-state index contributed by atoms with van der Waals surface area (Å²) in [5.74, 6) is 1.49. The average Bonchev–Trinajstić information content (AvgIpc) is 2.87. The van der Waals surface area contributed by atoms with E-state index in [2.05, 4.69) is 21.0 Å². The molecule has 1 aliphatic heterocycles. The highest BCUT2D eigenvalue weighted by molar-refractivity contribution is 9.10. The van der Waals surface area contributed by atoms with Crippen LogP contribution in [0.4, 0.5) is 0 Å². The number of halogens is 1. The second-order valence-corrected chi connectivity index (χ2v) is 5.86. The van der Waals surface area contributed by atoms with Crippen LogP contribution in [0.5, 0.6) is 11.5 Å². The number of methoxy groups -OCH3 is 2. The quantitative estimate of drug-likeness (QED) is 0.833. The van der Waals surface area contributed by atoms with Gasteiger partial charge >= 0.3 is 0 Å². The fraction of sp³-hybridized carbons (Fsp3) is 0.333. The van der Waals surface area contributed by atoms with Crippen LogP contribution in [-0.2, 0) is 24.4 Å².